The average Bonchev–Trinajstić information content (AvgIpc) is 2.41. The van der Waals surface area contributed by atoms with Gasteiger partial charge in [0.1, 0.15) is 0 Å². The van der Waals surface area contributed by atoms with Gasteiger partial charge in [-0.05, 0) is 45.7 Å². The third-order valence-electron chi connectivity index (χ3n) is 3.46. The van der Waals surface area contributed by atoms with E-state index in [-0.39, 0.29) is 0 Å². The van der Waals surface area contributed by atoms with Crippen LogP contribution in [0.2, 0.25) is 0 Å². The van der Waals surface area contributed by atoms with Gasteiger partial charge in [0.2, 0.25) is 0 Å². The van der Waals surface area contributed by atoms with Gasteiger partial charge in [-0.25, -0.2) is 0 Å². The zero-order valence-corrected chi connectivity index (χ0v) is 9.34. The number of nitrogens with zero attached hydrogens (tertiary/aromatic N) is 1. The molecule has 0 radical (unpaired) electrons. The summed E-state index contributed by atoms with van der Waals surface area (Å²) in [6.07, 6.45) is 3.91. The Kier molecular flexibility index (Phi) is 3.74. The first-order valence-electron chi connectivity index (χ1n) is 5.55. The smallest absolute Gasteiger partial charge is 0.0153 e. The molecule has 1 heterocycles. The molecule has 0 aromatic rings. The first kappa shape index (κ1) is 11.0. The van der Waals surface area contributed by atoms with Gasteiger partial charge in [0.25, 0.3) is 0 Å². The maximum absolute atomic E-state index is 5.72. The molecule has 0 aromatic heterocycles. The highest BCUT2D eigenvalue weighted by atomic mass is 15.2. The summed E-state index contributed by atoms with van der Waals surface area (Å²) in [6, 6.07) is 0. The summed E-state index contributed by atoms with van der Waals surface area (Å²) in [5, 5.41) is 0. The van der Waals surface area contributed by atoms with Crippen molar-refractivity contribution in [3.8, 4) is 0 Å². The quantitative estimate of drug-likeness (QED) is 0.722. The van der Waals surface area contributed by atoms with Gasteiger partial charge in [-0.1, -0.05) is 13.3 Å². The predicted molar refractivity (Wildman–Crippen MR) is 57.7 cm³/mol. The maximum atomic E-state index is 5.72. The molecule has 0 aliphatic carbocycles. The molecule has 1 aliphatic rings. The molecular formula is C11H24N2. The van der Waals surface area contributed by atoms with Gasteiger partial charge < -0.3 is 5.73 Å². The monoisotopic (exact) mass is 184 g/mol. The average molecular weight is 184 g/mol. The lowest BCUT2D eigenvalue weighted by Crippen LogP contribution is -2.42. The zero-order chi connectivity index (χ0) is 9.90. The van der Waals surface area contributed by atoms with Crippen molar-refractivity contribution in [3.05, 3.63) is 0 Å². The molecule has 2 nitrogen and oxygen atoms in total. The number of hydrogen-bond acceptors (Lipinski definition) is 2. The largest absolute Gasteiger partial charge is 0.330 e. The number of nitrogens with two attached hydrogens (primary N) is 1. The lowest BCUT2D eigenvalue weighted by Gasteiger charge is -2.34. The molecule has 1 saturated heterocycles. The standard InChI is InChI=1S/C11H24N2/c1-4-10(8-12)9-13-7-5-6-11(13,2)3/h10H,4-9,12H2,1-3H3. The minimum atomic E-state index is 0.419. The van der Waals surface area contributed by atoms with Crippen LogP contribution in [-0.2, 0) is 0 Å². The molecule has 13 heavy (non-hydrogen) atoms. The fraction of sp³-hybridized carbons (Fsp3) is 1.00. The van der Waals surface area contributed by atoms with Gasteiger partial charge >= 0.3 is 0 Å². The van der Waals surface area contributed by atoms with Crippen LogP contribution in [0.4, 0.5) is 0 Å². The molecule has 0 saturated carbocycles. The molecule has 1 fully saturated rings. The van der Waals surface area contributed by atoms with Crippen LogP contribution < -0.4 is 5.73 Å². The Morgan fingerprint density at radius 1 is 1.46 bits per heavy atom. The first-order valence-corrected chi connectivity index (χ1v) is 5.55. The van der Waals surface area contributed by atoms with Crippen LogP contribution in [0.15, 0.2) is 0 Å². The van der Waals surface area contributed by atoms with Crippen LogP contribution in [0.1, 0.15) is 40.0 Å². The van der Waals surface area contributed by atoms with Gasteiger partial charge in [0, 0.05) is 12.1 Å². The summed E-state index contributed by atoms with van der Waals surface area (Å²) in [4.78, 5) is 2.61. The van der Waals surface area contributed by atoms with Crippen molar-refractivity contribution in [1.29, 1.82) is 0 Å². The third kappa shape index (κ3) is 2.68. The van der Waals surface area contributed by atoms with Crippen molar-refractivity contribution in [3.63, 3.8) is 0 Å². The van der Waals surface area contributed by atoms with E-state index in [9.17, 15) is 0 Å². The minimum Gasteiger partial charge on any atom is -0.330 e. The van der Waals surface area contributed by atoms with Crippen LogP contribution in [0, 0.1) is 5.92 Å². The van der Waals surface area contributed by atoms with E-state index in [0.717, 1.165) is 6.54 Å². The molecule has 0 bridgehead atoms. The molecule has 1 rings (SSSR count). The predicted octanol–water partition coefficient (Wildman–Crippen LogP) is 1.85. The second-order valence-corrected chi connectivity index (χ2v) is 4.87. The Balaban J connectivity index is 2.43. The zero-order valence-electron chi connectivity index (χ0n) is 9.34. The van der Waals surface area contributed by atoms with Crippen LogP contribution in [0.25, 0.3) is 0 Å². The van der Waals surface area contributed by atoms with Crippen molar-refractivity contribution in [2.45, 2.75) is 45.6 Å². The molecule has 0 spiro atoms. The van der Waals surface area contributed by atoms with Crippen LogP contribution in [0.5, 0.6) is 0 Å². The second-order valence-electron chi connectivity index (χ2n) is 4.87. The van der Waals surface area contributed by atoms with Gasteiger partial charge in [0.05, 0.1) is 0 Å². The lowest BCUT2D eigenvalue weighted by atomic mass is 9.99. The highest BCUT2D eigenvalue weighted by Gasteiger charge is 2.32. The number of rotatable bonds is 4. The molecule has 0 amide bonds. The Hall–Kier alpha value is -0.0800. The fourth-order valence-electron chi connectivity index (χ4n) is 2.18. The van der Waals surface area contributed by atoms with E-state index in [1.165, 1.54) is 32.4 Å². The normalized spacial score (nSPS) is 24.9. The SMILES string of the molecule is CCC(CN)CN1CCCC1(C)C. The summed E-state index contributed by atoms with van der Waals surface area (Å²) >= 11 is 0. The third-order valence-corrected chi connectivity index (χ3v) is 3.46. The summed E-state index contributed by atoms with van der Waals surface area (Å²) < 4.78 is 0. The lowest BCUT2D eigenvalue weighted by molar-refractivity contribution is 0.148. The van der Waals surface area contributed by atoms with E-state index < -0.39 is 0 Å². The van der Waals surface area contributed by atoms with Gasteiger partial charge in [-0.15, -0.1) is 0 Å². The number of hydrogen-bond donors (Lipinski definition) is 1. The van der Waals surface area contributed by atoms with Crippen molar-refractivity contribution in [2.24, 2.45) is 11.7 Å². The Morgan fingerprint density at radius 3 is 2.54 bits per heavy atom. The van der Waals surface area contributed by atoms with Gasteiger partial charge in [-0.2, -0.15) is 0 Å². The van der Waals surface area contributed by atoms with E-state index in [1.54, 1.807) is 0 Å². The molecule has 2 N–H and O–H groups in total. The highest BCUT2D eigenvalue weighted by molar-refractivity contribution is 4.88. The summed E-state index contributed by atoms with van der Waals surface area (Å²) in [7, 11) is 0. The van der Waals surface area contributed by atoms with Gasteiger partial charge in [-0.3, -0.25) is 4.90 Å². The van der Waals surface area contributed by atoms with E-state index in [2.05, 4.69) is 25.7 Å². The molecule has 1 aliphatic heterocycles. The van der Waals surface area contributed by atoms with E-state index >= 15 is 0 Å². The molecule has 1 atom stereocenters. The minimum absolute atomic E-state index is 0.419. The maximum Gasteiger partial charge on any atom is 0.0153 e. The Bertz CT molecular complexity index is 150. The summed E-state index contributed by atoms with van der Waals surface area (Å²) in [6.45, 7) is 10.2. The van der Waals surface area contributed by atoms with Gasteiger partial charge in [0.15, 0.2) is 0 Å². The molecular weight excluding hydrogens is 160 g/mol. The Labute approximate surface area is 82.5 Å². The first-order chi connectivity index (χ1) is 6.10. The second kappa shape index (κ2) is 4.43. The summed E-state index contributed by atoms with van der Waals surface area (Å²) in [5.74, 6) is 0.692. The number of likely N-dealkylation sites (tertiary alicyclic amines) is 1. The van der Waals surface area contributed by atoms with Crippen molar-refractivity contribution >= 4 is 0 Å². The van der Waals surface area contributed by atoms with E-state index in [0.29, 0.717) is 11.5 Å². The van der Waals surface area contributed by atoms with Crippen molar-refractivity contribution in [2.75, 3.05) is 19.6 Å². The van der Waals surface area contributed by atoms with Crippen LogP contribution in [-0.4, -0.2) is 30.1 Å². The molecule has 1 unspecified atom stereocenters. The fourth-order valence-corrected chi connectivity index (χ4v) is 2.18. The molecule has 2 heteroatoms. The van der Waals surface area contributed by atoms with Crippen molar-refractivity contribution in [1.82, 2.24) is 4.90 Å². The van der Waals surface area contributed by atoms with Crippen LogP contribution in [0.3, 0.4) is 0 Å². The molecule has 0 aromatic carbocycles. The topological polar surface area (TPSA) is 29.3 Å². The van der Waals surface area contributed by atoms with E-state index in [4.69, 9.17) is 5.73 Å². The van der Waals surface area contributed by atoms with Crippen molar-refractivity contribution < 1.29 is 0 Å². The van der Waals surface area contributed by atoms with E-state index in [1.807, 2.05) is 0 Å². The molecule has 78 valence electrons. The summed E-state index contributed by atoms with van der Waals surface area (Å²) in [5.41, 5.74) is 6.14. The highest BCUT2D eigenvalue weighted by Crippen LogP contribution is 2.28. The van der Waals surface area contributed by atoms with Crippen LogP contribution >= 0.6 is 0 Å². The Morgan fingerprint density at radius 2 is 2.15 bits per heavy atom.